The Balaban J connectivity index is 1.87. The summed E-state index contributed by atoms with van der Waals surface area (Å²) in [6, 6.07) is 13.9. The first-order valence-electron chi connectivity index (χ1n) is 6.99. The molecule has 0 saturated carbocycles. The summed E-state index contributed by atoms with van der Waals surface area (Å²) in [6.07, 6.45) is 0.757. The zero-order chi connectivity index (χ0) is 15.9. The van der Waals surface area contributed by atoms with Gasteiger partial charge in [0.1, 0.15) is 5.75 Å². The van der Waals surface area contributed by atoms with Gasteiger partial charge in [0.15, 0.2) is 0 Å². The third-order valence-corrected chi connectivity index (χ3v) is 3.10. The largest absolute Gasteiger partial charge is 0.508 e. The fourth-order valence-corrected chi connectivity index (χ4v) is 2.03. The monoisotopic (exact) mass is 298 g/mol. The maximum Gasteiger partial charge on any atom is 0.224 e. The Morgan fingerprint density at radius 2 is 1.55 bits per heavy atom. The molecular formula is C17H18N2O3. The normalized spacial score (nSPS) is 10.0. The second kappa shape index (κ2) is 7.26. The summed E-state index contributed by atoms with van der Waals surface area (Å²) in [4.78, 5) is 22.8. The van der Waals surface area contributed by atoms with Crippen LogP contribution in [0.4, 0.5) is 11.4 Å². The van der Waals surface area contributed by atoms with Crippen LogP contribution in [0, 0.1) is 0 Å². The van der Waals surface area contributed by atoms with Gasteiger partial charge in [-0.3, -0.25) is 9.59 Å². The summed E-state index contributed by atoms with van der Waals surface area (Å²) in [7, 11) is 0. The number of anilines is 2. The van der Waals surface area contributed by atoms with E-state index >= 15 is 0 Å². The minimum absolute atomic E-state index is 0.129. The van der Waals surface area contributed by atoms with E-state index in [0.29, 0.717) is 17.8 Å². The average Bonchev–Trinajstić information content (AvgIpc) is 2.48. The van der Waals surface area contributed by atoms with Crippen molar-refractivity contribution in [2.75, 3.05) is 10.6 Å². The van der Waals surface area contributed by atoms with Crippen LogP contribution in [0.1, 0.15) is 18.9 Å². The smallest absolute Gasteiger partial charge is 0.224 e. The molecule has 2 amide bonds. The van der Waals surface area contributed by atoms with Crippen molar-refractivity contribution >= 4 is 23.2 Å². The van der Waals surface area contributed by atoms with Crippen molar-refractivity contribution in [3.8, 4) is 5.75 Å². The van der Waals surface area contributed by atoms with Gasteiger partial charge in [0.2, 0.25) is 11.8 Å². The fraction of sp³-hybridized carbons (Fsp3) is 0.176. The molecule has 0 aliphatic heterocycles. The lowest BCUT2D eigenvalue weighted by molar-refractivity contribution is -0.116. The SMILES string of the molecule is CC(=O)Nc1ccc(NC(=O)CCc2ccccc2O)cc1. The van der Waals surface area contributed by atoms with E-state index in [4.69, 9.17) is 0 Å². The van der Waals surface area contributed by atoms with Crippen LogP contribution in [0.2, 0.25) is 0 Å². The number of para-hydroxylation sites is 1. The topological polar surface area (TPSA) is 78.4 Å². The van der Waals surface area contributed by atoms with Gasteiger partial charge in [-0.15, -0.1) is 0 Å². The Hall–Kier alpha value is -2.82. The number of amides is 2. The van der Waals surface area contributed by atoms with Crippen LogP contribution in [0.3, 0.4) is 0 Å². The number of hydrogen-bond acceptors (Lipinski definition) is 3. The van der Waals surface area contributed by atoms with Gasteiger partial charge in [-0.25, -0.2) is 0 Å². The maximum absolute atomic E-state index is 11.9. The molecule has 2 aromatic carbocycles. The van der Waals surface area contributed by atoms with Crippen LogP contribution >= 0.6 is 0 Å². The molecule has 0 atom stereocenters. The molecule has 0 aliphatic rings. The van der Waals surface area contributed by atoms with E-state index < -0.39 is 0 Å². The van der Waals surface area contributed by atoms with E-state index in [0.717, 1.165) is 5.56 Å². The number of phenols is 1. The number of carbonyl (C=O) groups excluding carboxylic acids is 2. The number of carbonyl (C=O) groups is 2. The van der Waals surface area contributed by atoms with Crippen LogP contribution in [0.5, 0.6) is 5.75 Å². The van der Waals surface area contributed by atoms with Crippen LogP contribution in [0.15, 0.2) is 48.5 Å². The third kappa shape index (κ3) is 4.63. The summed E-state index contributed by atoms with van der Waals surface area (Å²) in [5, 5.41) is 15.1. The first kappa shape index (κ1) is 15.6. The van der Waals surface area contributed by atoms with Gasteiger partial charge in [-0.05, 0) is 42.3 Å². The van der Waals surface area contributed by atoms with Crippen LogP contribution in [-0.2, 0) is 16.0 Å². The van der Waals surface area contributed by atoms with Crippen molar-refractivity contribution in [2.45, 2.75) is 19.8 Å². The first-order chi connectivity index (χ1) is 10.5. The lowest BCUT2D eigenvalue weighted by Crippen LogP contribution is -2.12. The molecule has 0 radical (unpaired) electrons. The Morgan fingerprint density at radius 1 is 0.955 bits per heavy atom. The minimum Gasteiger partial charge on any atom is -0.508 e. The molecule has 114 valence electrons. The molecule has 5 nitrogen and oxygen atoms in total. The predicted octanol–water partition coefficient (Wildman–Crippen LogP) is 2.92. The molecule has 0 spiro atoms. The molecule has 2 aromatic rings. The molecule has 0 aliphatic carbocycles. The summed E-state index contributed by atoms with van der Waals surface area (Å²) >= 11 is 0. The molecule has 0 bridgehead atoms. The number of aryl methyl sites for hydroxylation is 1. The quantitative estimate of drug-likeness (QED) is 0.794. The molecular weight excluding hydrogens is 280 g/mol. The highest BCUT2D eigenvalue weighted by Crippen LogP contribution is 2.18. The van der Waals surface area contributed by atoms with Crippen LogP contribution in [-0.4, -0.2) is 16.9 Å². The van der Waals surface area contributed by atoms with Crippen molar-refractivity contribution in [1.29, 1.82) is 0 Å². The first-order valence-corrected chi connectivity index (χ1v) is 6.99. The van der Waals surface area contributed by atoms with Gasteiger partial charge in [0, 0.05) is 24.7 Å². The zero-order valence-electron chi connectivity index (χ0n) is 12.3. The molecule has 2 rings (SSSR count). The number of benzene rings is 2. The van der Waals surface area contributed by atoms with E-state index in [9.17, 15) is 14.7 Å². The number of phenolic OH excluding ortho intramolecular Hbond substituents is 1. The summed E-state index contributed by atoms with van der Waals surface area (Å²) < 4.78 is 0. The van der Waals surface area contributed by atoms with E-state index in [2.05, 4.69) is 10.6 Å². The molecule has 0 aromatic heterocycles. The molecule has 0 fully saturated rings. The van der Waals surface area contributed by atoms with Gasteiger partial charge in [0.05, 0.1) is 0 Å². The predicted molar refractivity (Wildman–Crippen MR) is 85.8 cm³/mol. The number of nitrogens with one attached hydrogen (secondary N) is 2. The fourth-order valence-electron chi connectivity index (χ4n) is 2.03. The van der Waals surface area contributed by atoms with Gasteiger partial charge in [-0.2, -0.15) is 0 Å². The van der Waals surface area contributed by atoms with Crippen molar-refractivity contribution in [3.63, 3.8) is 0 Å². The second-order valence-corrected chi connectivity index (χ2v) is 4.94. The zero-order valence-corrected chi connectivity index (χ0v) is 12.3. The number of rotatable bonds is 5. The molecule has 0 heterocycles. The summed E-state index contributed by atoms with van der Waals surface area (Å²) in [6.45, 7) is 1.44. The average molecular weight is 298 g/mol. The summed E-state index contributed by atoms with van der Waals surface area (Å²) in [5.74, 6) is -0.0649. The number of aromatic hydroxyl groups is 1. The second-order valence-electron chi connectivity index (χ2n) is 4.94. The van der Waals surface area contributed by atoms with Crippen LogP contribution in [0.25, 0.3) is 0 Å². The van der Waals surface area contributed by atoms with Crippen molar-refractivity contribution in [3.05, 3.63) is 54.1 Å². The van der Waals surface area contributed by atoms with E-state index in [-0.39, 0.29) is 24.0 Å². The van der Waals surface area contributed by atoms with Crippen molar-refractivity contribution in [2.24, 2.45) is 0 Å². The van der Waals surface area contributed by atoms with Gasteiger partial charge < -0.3 is 15.7 Å². The van der Waals surface area contributed by atoms with Gasteiger partial charge >= 0.3 is 0 Å². The van der Waals surface area contributed by atoms with E-state index in [1.54, 1.807) is 42.5 Å². The highest BCUT2D eigenvalue weighted by atomic mass is 16.3. The van der Waals surface area contributed by atoms with Gasteiger partial charge in [-0.1, -0.05) is 18.2 Å². The molecule has 22 heavy (non-hydrogen) atoms. The van der Waals surface area contributed by atoms with E-state index in [1.165, 1.54) is 6.92 Å². The summed E-state index contributed by atoms with van der Waals surface area (Å²) in [5.41, 5.74) is 2.09. The Kier molecular flexibility index (Phi) is 5.14. The number of hydrogen-bond donors (Lipinski definition) is 3. The van der Waals surface area contributed by atoms with Gasteiger partial charge in [0.25, 0.3) is 0 Å². The Morgan fingerprint density at radius 3 is 2.14 bits per heavy atom. The standard InChI is InChI=1S/C17H18N2O3/c1-12(20)18-14-7-9-15(10-8-14)19-17(22)11-6-13-4-2-3-5-16(13)21/h2-5,7-10,21H,6,11H2,1H3,(H,18,20)(H,19,22). The highest BCUT2D eigenvalue weighted by molar-refractivity contribution is 5.92. The van der Waals surface area contributed by atoms with Crippen molar-refractivity contribution in [1.82, 2.24) is 0 Å². The minimum atomic E-state index is -0.139. The third-order valence-electron chi connectivity index (χ3n) is 3.10. The molecule has 3 N–H and O–H groups in total. The van der Waals surface area contributed by atoms with E-state index in [1.807, 2.05) is 6.07 Å². The molecule has 0 unspecified atom stereocenters. The Bertz CT molecular complexity index is 666. The van der Waals surface area contributed by atoms with Crippen LogP contribution < -0.4 is 10.6 Å². The lowest BCUT2D eigenvalue weighted by atomic mass is 10.1. The molecule has 0 saturated heterocycles. The highest BCUT2D eigenvalue weighted by Gasteiger charge is 2.06. The molecule has 5 heteroatoms. The maximum atomic E-state index is 11.9. The lowest BCUT2D eigenvalue weighted by Gasteiger charge is -2.07. The van der Waals surface area contributed by atoms with Crippen molar-refractivity contribution < 1.29 is 14.7 Å². The Labute approximate surface area is 129 Å².